The molecule has 2 heterocycles. The Labute approximate surface area is 140 Å². The number of carbonyl (C=O) groups excluding carboxylic acids is 1. The van der Waals surface area contributed by atoms with Crippen LogP contribution in [0.15, 0.2) is 40.8 Å². The smallest absolute Gasteiger partial charge is 0.234 e. The number of halogens is 1. The molecule has 126 valence electrons. The molecule has 24 heavy (non-hydrogen) atoms. The predicted molar refractivity (Wildman–Crippen MR) is 88.7 cm³/mol. The van der Waals surface area contributed by atoms with Crippen molar-refractivity contribution >= 4 is 5.91 Å². The highest BCUT2D eigenvalue weighted by atomic mass is 19.1. The summed E-state index contributed by atoms with van der Waals surface area (Å²) in [6.07, 6.45) is 3.81. The van der Waals surface area contributed by atoms with Gasteiger partial charge in [0.25, 0.3) is 0 Å². The number of benzene rings is 1. The van der Waals surface area contributed by atoms with Crippen LogP contribution in [-0.2, 0) is 11.3 Å². The van der Waals surface area contributed by atoms with Gasteiger partial charge in [-0.05, 0) is 61.6 Å². The van der Waals surface area contributed by atoms with E-state index >= 15 is 0 Å². The summed E-state index contributed by atoms with van der Waals surface area (Å²) < 4.78 is 18.7. The van der Waals surface area contributed by atoms with Gasteiger partial charge in [-0.3, -0.25) is 9.69 Å². The van der Waals surface area contributed by atoms with Gasteiger partial charge in [-0.1, -0.05) is 0 Å². The molecule has 1 aliphatic heterocycles. The van der Waals surface area contributed by atoms with Gasteiger partial charge < -0.3 is 9.73 Å². The molecule has 1 saturated heterocycles. The number of nitrogens with zero attached hydrogens (tertiary/aromatic N) is 1. The highest BCUT2D eigenvalue weighted by Crippen LogP contribution is 2.36. The molecule has 0 spiro atoms. The summed E-state index contributed by atoms with van der Waals surface area (Å²) in [6.45, 7) is 1.92. The third-order valence-corrected chi connectivity index (χ3v) is 5.12. The molecule has 2 atom stereocenters. The van der Waals surface area contributed by atoms with E-state index in [-0.39, 0.29) is 11.7 Å². The first-order valence-corrected chi connectivity index (χ1v) is 8.53. The van der Waals surface area contributed by atoms with E-state index in [2.05, 4.69) is 10.2 Å². The molecular weight excluding hydrogens is 307 g/mol. The summed E-state index contributed by atoms with van der Waals surface area (Å²) in [5, 5.41) is 2.92. The van der Waals surface area contributed by atoms with Gasteiger partial charge in [0.05, 0.1) is 13.1 Å². The standard InChI is InChI=1S/C19H21FN2O2/c20-15-4-2-14(3-5-15)18-8-7-17(24-18)10-21-19(23)12-22-11-13-1-6-16(22)9-13/h2-5,7-8,13,16H,1,6,9-12H2,(H,21,23)/t13-,16+/m1/s1. The summed E-state index contributed by atoms with van der Waals surface area (Å²) in [6, 6.07) is 10.5. The van der Waals surface area contributed by atoms with Crippen LogP contribution < -0.4 is 5.32 Å². The Morgan fingerprint density at radius 1 is 1.21 bits per heavy atom. The van der Waals surface area contributed by atoms with Crippen molar-refractivity contribution in [2.24, 2.45) is 5.92 Å². The van der Waals surface area contributed by atoms with Gasteiger partial charge in [-0.15, -0.1) is 0 Å². The van der Waals surface area contributed by atoms with Crippen molar-refractivity contribution in [3.63, 3.8) is 0 Å². The molecule has 1 N–H and O–H groups in total. The van der Waals surface area contributed by atoms with Crippen LogP contribution in [0.1, 0.15) is 25.0 Å². The van der Waals surface area contributed by atoms with E-state index in [4.69, 9.17) is 4.42 Å². The number of furan rings is 1. The zero-order valence-corrected chi connectivity index (χ0v) is 13.5. The Morgan fingerprint density at radius 2 is 2.04 bits per heavy atom. The number of hydrogen-bond donors (Lipinski definition) is 1. The van der Waals surface area contributed by atoms with E-state index in [9.17, 15) is 9.18 Å². The average Bonchev–Trinajstić information content (AvgIpc) is 3.30. The molecule has 1 aromatic carbocycles. The number of likely N-dealkylation sites (tertiary alicyclic amines) is 1. The van der Waals surface area contributed by atoms with E-state index in [1.54, 1.807) is 12.1 Å². The molecule has 1 aliphatic carbocycles. The molecular formula is C19H21FN2O2. The van der Waals surface area contributed by atoms with Gasteiger partial charge in [-0.25, -0.2) is 4.39 Å². The van der Waals surface area contributed by atoms with E-state index in [0.29, 0.717) is 30.7 Å². The highest BCUT2D eigenvalue weighted by molar-refractivity contribution is 5.78. The quantitative estimate of drug-likeness (QED) is 0.917. The summed E-state index contributed by atoms with van der Waals surface area (Å²) in [5.41, 5.74) is 0.821. The number of hydrogen-bond acceptors (Lipinski definition) is 3. The van der Waals surface area contributed by atoms with Gasteiger partial charge >= 0.3 is 0 Å². The molecule has 1 amide bonds. The molecule has 2 fully saturated rings. The monoisotopic (exact) mass is 328 g/mol. The van der Waals surface area contributed by atoms with Gasteiger partial charge in [0.1, 0.15) is 17.3 Å². The zero-order chi connectivity index (χ0) is 16.5. The number of carbonyl (C=O) groups is 1. The normalized spacial score (nSPS) is 22.9. The molecule has 1 aromatic heterocycles. The largest absolute Gasteiger partial charge is 0.459 e. The minimum absolute atomic E-state index is 0.0438. The third-order valence-electron chi connectivity index (χ3n) is 5.12. The lowest BCUT2D eigenvalue weighted by molar-refractivity contribution is -0.122. The molecule has 2 aliphatic rings. The lowest BCUT2D eigenvalue weighted by atomic mass is 10.1. The number of nitrogens with one attached hydrogen (secondary N) is 1. The predicted octanol–water partition coefficient (Wildman–Crippen LogP) is 3.19. The van der Waals surface area contributed by atoms with Crippen LogP contribution in [0.4, 0.5) is 4.39 Å². The highest BCUT2D eigenvalue weighted by Gasteiger charge is 2.38. The van der Waals surface area contributed by atoms with Crippen molar-refractivity contribution in [2.75, 3.05) is 13.1 Å². The fourth-order valence-electron chi connectivity index (χ4n) is 3.89. The number of amides is 1. The summed E-state index contributed by atoms with van der Waals surface area (Å²) >= 11 is 0. The van der Waals surface area contributed by atoms with E-state index in [1.165, 1.54) is 31.4 Å². The topological polar surface area (TPSA) is 45.5 Å². The fourth-order valence-corrected chi connectivity index (χ4v) is 3.89. The van der Waals surface area contributed by atoms with Crippen LogP contribution in [0.2, 0.25) is 0 Å². The second-order valence-corrected chi connectivity index (χ2v) is 6.81. The molecule has 4 nitrogen and oxygen atoms in total. The van der Waals surface area contributed by atoms with Crippen molar-refractivity contribution < 1.29 is 13.6 Å². The number of piperidine rings is 1. The molecule has 5 heteroatoms. The zero-order valence-electron chi connectivity index (χ0n) is 13.5. The van der Waals surface area contributed by atoms with Crippen LogP contribution in [0, 0.1) is 11.7 Å². The Balaban J connectivity index is 1.30. The Bertz CT molecular complexity index is 725. The maximum atomic E-state index is 13.0. The van der Waals surface area contributed by atoms with Crippen molar-refractivity contribution in [3.8, 4) is 11.3 Å². The first kappa shape index (κ1) is 15.4. The van der Waals surface area contributed by atoms with Crippen molar-refractivity contribution in [2.45, 2.75) is 31.8 Å². The van der Waals surface area contributed by atoms with Gasteiger partial charge in [0.15, 0.2) is 0 Å². The Hall–Kier alpha value is -2.14. The molecule has 2 bridgehead atoms. The molecule has 0 radical (unpaired) electrons. The van der Waals surface area contributed by atoms with E-state index in [1.807, 2.05) is 12.1 Å². The second kappa shape index (κ2) is 6.40. The van der Waals surface area contributed by atoms with Crippen molar-refractivity contribution in [1.82, 2.24) is 10.2 Å². The Morgan fingerprint density at radius 3 is 2.75 bits per heavy atom. The van der Waals surface area contributed by atoms with Crippen LogP contribution in [-0.4, -0.2) is 29.9 Å². The van der Waals surface area contributed by atoms with Crippen LogP contribution in [0.5, 0.6) is 0 Å². The van der Waals surface area contributed by atoms with Gasteiger partial charge in [0, 0.05) is 18.2 Å². The minimum Gasteiger partial charge on any atom is -0.459 e. The van der Waals surface area contributed by atoms with E-state index < -0.39 is 0 Å². The molecule has 1 saturated carbocycles. The Kier molecular flexibility index (Phi) is 4.10. The molecule has 0 unspecified atom stereocenters. The number of fused-ring (bicyclic) bond motifs is 2. The van der Waals surface area contributed by atoms with Crippen LogP contribution in [0.3, 0.4) is 0 Å². The van der Waals surface area contributed by atoms with Crippen LogP contribution >= 0.6 is 0 Å². The first-order valence-electron chi connectivity index (χ1n) is 8.53. The third kappa shape index (κ3) is 3.22. The average molecular weight is 328 g/mol. The van der Waals surface area contributed by atoms with Gasteiger partial charge in [-0.2, -0.15) is 0 Å². The lowest BCUT2D eigenvalue weighted by Gasteiger charge is -2.25. The molecule has 2 aromatic rings. The SMILES string of the molecule is O=C(CN1C[C@@H]2CC[C@H]1C2)NCc1ccc(-c2ccc(F)cc2)o1. The van der Waals surface area contributed by atoms with Crippen LogP contribution in [0.25, 0.3) is 11.3 Å². The maximum absolute atomic E-state index is 13.0. The molecule has 4 rings (SSSR count). The maximum Gasteiger partial charge on any atom is 0.234 e. The minimum atomic E-state index is -0.270. The van der Waals surface area contributed by atoms with Gasteiger partial charge in [0.2, 0.25) is 5.91 Å². The fraction of sp³-hybridized carbons (Fsp3) is 0.421. The van der Waals surface area contributed by atoms with Crippen molar-refractivity contribution in [3.05, 3.63) is 48.0 Å². The summed E-state index contributed by atoms with van der Waals surface area (Å²) in [5.74, 6) is 1.95. The summed E-state index contributed by atoms with van der Waals surface area (Å²) in [7, 11) is 0. The summed E-state index contributed by atoms with van der Waals surface area (Å²) in [4.78, 5) is 14.4. The lowest BCUT2D eigenvalue weighted by Crippen LogP contribution is -2.40. The second-order valence-electron chi connectivity index (χ2n) is 6.81. The first-order chi connectivity index (χ1) is 11.7. The van der Waals surface area contributed by atoms with E-state index in [0.717, 1.165) is 18.0 Å². The van der Waals surface area contributed by atoms with Crippen molar-refractivity contribution in [1.29, 1.82) is 0 Å². The number of rotatable bonds is 5.